The molecule has 1 aliphatic rings. The molecule has 1 fully saturated rings. The molecular formula is C17H26N2O2. The van der Waals surface area contributed by atoms with Crippen LogP contribution in [0.15, 0.2) is 24.3 Å². The number of amides is 1. The smallest absolute Gasteiger partial charge is 0.234 e. The summed E-state index contributed by atoms with van der Waals surface area (Å²) in [6.07, 6.45) is 3.14. The van der Waals surface area contributed by atoms with Crippen LogP contribution in [0.25, 0.3) is 0 Å². The number of aliphatic hydroxyl groups excluding tert-OH is 1. The van der Waals surface area contributed by atoms with Gasteiger partial charge in [-0.2, -0.15) is 0 Å². The number of nitrogens with zero attached hydrogens (tertiary/aromatic N) is 1. The van der Waals surface area contributed by atoms with E-state index in [2.05, 4.69) is 29.3 Å². The number of hydrogen-bond acceptors (Lipinski definition) is 3. The van der Waals surface area contributed by atoms with Crippen LogP contribution in [0.5, 0.6) is 0 Å². The van der Waals surface area contributed by atoms with E-state index in [1.165, 1.54) is 11.1 Å². The Morgan fingerprint density at radius 3 is 2.76 bits per heavy atom. The van der Waals surface area contributed by atoms with Crippen molar-refractivity contribution in [3.8, 4) is 0 Å². The summed E-state index contributed by atoms with van der Waals surface area (Å²) >= 11 is 0. The topological polar surface area (TPSA) is 52.6 Å². The second-order valence-corrected chi connectivity index (χ2v) is 6.02. The molecule has 0 saturated heterocycles. The van der Waals surface area contributed by atoms with Crippen LogP contribution in [-0.2, 0) is 11.2 Å². The minimum absolute atomic E-state index is 0.0523. The molecule has 0 aliphatic heterocycles. The number of aryl methyl sites for hydroxylation is 1. The highest BCUT2D eigenvalue weighted by Crippen LogP contribution is 2.26. The zero-order chi connectivity index (χ0) is 15.2. The summed E-state index contributed by atoms with van der Waals surface area (Å²) in [5, 5.41) is 12.1. The molecule has 0 spiro atoms. The van der Waals surface area contributed by atoms with Crippen molar-refractivity contribution in [1.29, 1.82) is 0 Å². The molecule has 1 saturated carbocycles. The molecule has 0 radical (unpaired) electrons. The van der Waals surface area contributed by atoms with Gasteiger partial charge in [-0.15, -0.1) is 0 Å². The van der Waals surface area contributed by atoms with E-state index in [1.807, 2.05) is 19.1 Å². The normalized spacial score (nSPS) is 16.0. The summed E-state index contributed by atoms with van der Waals surface area (Å²) < 4.78 is 0. The molecule has 2 rings (SSSR count). The lowest BCUT2D eigenvalue weighted by Gasteiger charge is -2.22. The van der Waals surface area contributed by atoms with E-state index >= 15 is 0 Å². The molecule has 1 aromatic rings. The third-order valence-corrected chi connectivity index (χ3v) is 3.99. The Morgan fingerprint density at radius 2 is 2.14 bits per heavy atom. The van der Waals surface area contributed by atoms with Crippen LogP contribution < -0.4 is 5.32 Å². The zero-order valence-electron chi connectivity index (χ0n) is 13.0. The van der Waals surface area contributed by atoms with E-state index in [0.717, 1.165) is 19.3 Å². The Kier molecular flexibility index (Phi) is 5.76. The summed E-state index contributed by atoms with van der Waals surface area (Å²) in [6.45, 7) is 5.23. The molecule has 1 amide bonds. The fraction of sp³-hybridized carbons (Fsp3) is 0.588. The van der Waals surface area contributed by atoms with E-state index in [1.54, 1.807) is 0 Å². The number of rotatable bonds is 8. The standard InChI is InChI=1S/C17H26N2O2/c1-13-5-3-4-6-15(13)11-14(2)18-17(21)12-19(9-10-20)16-7-8-16/h3-6,14,16,20H,7-12H2,1-2H3,(H,18,21). The molecule has 2 N–H and O–H groups in total. The Hall–Kier alpha value is -1.39. The van der Waals surface area contributed by atoms with Gasteiger partial charge in [0.25, 0.3) is 0 Å². The summed E-state index contributed by atoms with van der Waals surface area (Å²) in [6, 6.07) is 8.89. The van der Waals surface area contributed by atoms with Gasteiger partial charge in [-0.05, 0) is 44.2 Å². The Morgan fingerprint density at radius 1 is 1.43 bits per heavy atom. The molecule has 0 aromatic heterocycles. The van der Waals surface area contributed by atoms with Crippen LogP contribution >= 0.6 is 0 Å². The molecule has 1 aliphatic carbocycles. The van der Waals surface area contributed by atoms with Crippen molar-refractivity contribution in [2.75, 3.05) is 19.7 Å². The van der Waals surface area contributed by atoms with Crippen LogP contribution in [0.1, 0.15) is 30.9 Å². The monoisotopic (exact) mass is 290 g/mol. The number of hydrogen-bond donors (Lipinski definition) is 2. The van der Waals surface area contributed by atoms with Crippen molar-refractivity contribution < 1.29 is 9.90 Å². The molecule has 4 nitrogen and oxygen atoms in total. The second kappa shape index (κ2) is 7.57. The number of benzene rings is 1. The Labute approximate surface area is 127 Å². The van der Waals surface area contributed by atoms with Gasteiger partial charge in [0, 0.05) is 18.6 Å². The average molecular weight is 290 g/mol. The maximum Gasteiger partial charge on any atom is 0.234 e. The zero-order valence-corrected chi connectivity index (χ0v) is 13.0. The number of carbonyl (C=O) groups excluding carboxylic acids is 1. The summed E-state index contributed by atoms with van der Waals surface area (Å²) in [5.41, 5.74) is 2.54. The largest absolute Gasteiger partial charge is 0.395 e. The van der Waals surface area contributed by atoms with E-state index in [0.29, 0.717) is 19.1 Å². The van der Waals surface area contributed by atoms with Gasteiger partial charge in [0.05, 0.1) is 13.2 Å². The van der Waals surface area contributed by atoms with Gasteiger partial charge in [0.15, 0.2) is 0 Å². The Balaban J connectivity index is 1.80. The summed E-state index contributed by atoms with van der Waals surface area (Å²) in [4.78, 5) is 14.2. The average Bonchev–Trinajstić information content (AvgIpc) is 3.25. The molecule has 4 heteroatoms. The highest BCUT2D eigenvalue weighted by molar-refractivity contribution is 5.78. The van der Waals surface area contributed by atoms with E-state index in [4.69, 9.17) is 5.11 Å². The van der Waals surface area contributed by atoms with Gasteiger partial charge >= 0.3 is 0 Å². The number of aliphatic hydroxyl groups is 1. The van der Waals surface area contributed by atoms with E-state index in [-0.39, 0.29) is 18.6 Å². The predicted octanol–water partition coefficient (Wildman–Crippen LogP) is 1.50. The molecule has 0 bridgehead atoms. The van der Waals surface area contributed by atoms with Gasteiger partial charge in [0.2, 0.25) is 5.91 Å². The number of carbonyl (C=O) groups is 1. The van der Waals surface area contributed by atoms with E-state index in [9.17, 15) is 4.79 Å². The van der Waals surface area contributed by atoms with Gasteiger partial charge < -0.3 is 10.4 Å². The lowest BCUT2D eigenvalue weighted by Crippen LogP contribution is -2.43. The predicted molar refractivity (Wildman–Crippen MR) is 84.2 cm³/mol. The van der Waals surface area contributed by atoms with Crippen LogP contribution in [0.3, 0.4) is 0 Å². The van der Waals surface area contributed by atoms with Crippen molar-refractivity contribution in [3.63, 3.8) is 0 Å². The molecule has 1 aromatic carbocycles. The van der Waals surface area contributed by atoms with Crippen molar-refractivity contribution in [1.82, 2.24) is 10.2 Å². The molecule has 1 atom stereocenters. The van der Waals surface area contributed by atoms with Gasteiger partial charge in [-0.25, -0.2) is 0 Å². The molecule has 1 unspecified atom stereocenters. The third-order valence-electron chi connectivity index (χ3n) is 3.99. The van der Waals surface area contributed by atoms with Gasteiger partial charge in [0.1, 0.15) is 0 Å². The number of nitrogens with one attached hydrogen (secondary N) is 1. The highest BCUT2D eigenvalue weighted by atomic mass is 16.3. The van der Waals surface area contributed by atoms with Crippen molar-refractivity contribution in [2.24, 2.45) is 0 Å². The van der Waals surface area contributed by atoms with Gasteiger partial charge in [-0.1, -0.05) is 24.3 Å². The minimum Gasteiger partial charge on any atom is -0.395 e. The fourth-order valence-corrected chi connectivity index (χ4v) is 2.68. The molecular weight excluding hydrogens is 264 g/mol. The highest BCUT2D eigenvalue weighted by Gasteiger charge is 2.29. The first-order valence-electron chi connectivity index (χ1n) is 7.79. The van der Waals surface area contributed by atoms with Crippen molar-refractivity contribution in [2.45, 2.75) is 45.2 Å². The van der Waals surface area contributed by atoms with Gasteiger partial charge in [-0.3, -0.25) is 9.69 Å². The van der Waals surface area contributed by atoms with Crippen LogP contribution in [-0.4, -0.2) is 47.7 Å². The molecule has 116 valence electrons. The van der Waals surface area contributed by atoms with E-state index < -0.39 is 0 Å². The quantitative estimate of drug-likeness (QED) is 0.763. The minimum atomic E-state index is 0.0523. The lowest BCUT2D eigenvalue weighted by atomic mass is 10.0. The van der Waals surface area contributed by atoms with Crippen molar-refractivity contribution in [3.05, 3.63) is 35.4 Å². The SMILES string of the molecule is Cc1ccccc1CC(C)NC(=O)CN(CCO)C1CC1. The lowest BCUT2D eigenvalue weighted by molar-refractivity contribution is -0.123. The maximum atomic E-state index is 12.1. The third kappa shape index (κ3) is 5.14. The van der Waals surface area contributed by atoms with Crippen molar-refractivity contribution >= 4 is 5.91 Å². The fourth-order valence-electron chi connectivity index (χ4n) is 2.68. The summed E-state index contributed by atoms with van der Waals surface area (Å²) in [5.74, 6) is 0.0523. The first-order valence-corrected chi connectivity index (χ1v) is 7.79. The second-order valence-electron chi connectivity index (χ2n) is 6.02. The maximum absolute atomic E-state index is 12.1. The Bertz CT molecular complexity index is 472. The van der Waals surface area contributed by atoms with Crippen LogP contribution in [0.4, 0.5) is 0 Å². The summed E-state index contributed by atoms with van der Waals surface area (Å²) in [7, 11) is 0. The van der Waals surface area contributed by atoms with Crippen LogP contribution in [0, 0.1) is 6.92 Å². The van der Waals surface area contributed by atoms with Crippen LogP contribution in [0.2, 0.25) is 0 Å². The molecule has 21 heavy (non-hydrogen) atoms. The first-order chi connectivity index (χ1) is 10.1. The molecule has 0 heterocycles. The first kappa shape index (κ1) is 16.0.